The number of pyridine rings is 1. The van der Waals surface area contributed by atoms with E-state index in [1.165, 1.54) is 17.9 Å². The molecule has 2 N–H and O–H groups in total. The SMILES string of the molecule is CC(=O)NC[C@H]1CN(c2ccc(N3CCN(C(=O)CNc4ccnc5cc(Cl)ccc45)CC3)c(F)c2)C(=O)O1.S. The van der Waals surface area contributed by atoms with Crippen molar-refractivity contribution in [3.8, 4) is 0 Å². The highest BCUT2D eigenvalue weighted by Crippen LogP contribution is 2.29. The van der Waals surface area contributed by atoms with Crippen molar-refractivity contribution in [3.63, 3.8) is 0 Å². The lowest BCUT2D eigenvalue weighted by molar-refractivity contribution is -0.129. The molecule has 5 rings (SSSR count). The second kappa shape index (κ2) is 12.6. The molecule has 10 nitrogen and oxygen atoms in total. The van der Waals surface area contributed by atoms with Gasteiger partial charge in [-0.15, -0.1) is 0 Å². The van der Waals surface area contributed by atoms with Crippen LogP contribution in [-0.2, 0) is 14.3 Å². The molecule has 3 aromatic rings. The molecular formula is C27H30ClFN6O4S. The molecular weight excluding hydrogens is 559 g/mol. The number of carbonyl (C=O) groups is 3. The molecule has 1 aromatic heterocycles. The number of aromatic nitrogens is 1. The lowest BCUT2D eigenvalue weighted by atomic mass is 10.2. The van der Waals surface area contributed by atoms with E-state index in [1.807, 2.05) is 17.0 Å². The van der Waals surface area contributed by atoms with Gasteiger partial charge in [0.05, 0.1) is 36.5 Å². The van der Waals surface area contributed by atoms with Gasteiger partial charge in [-0.05, 0) is 42.5 Å². The first-order chi connectivity index (χ1) is 18.8. The third-order valence-corrected chi connectivity index (χ3v) is 7.04. The van der Waals surface area contributed by atoms with Crippen LogP contribution in [0.1, 0.15) is 6.92 Å². The highest BCUT2D eigenvalue weighted by atomic mass is 35.5. The van der Waals surface area contributed by atoms with Gasteiger partial charge < -0.3 is 25.2 Å². The minimum absolute atomic E-state index is 0. The molecule has 2 saturated heterocycles. The second-order valence-electron chi connectivity index (χ2n) is 9.43. The Balaban J connectivity index is 0.00000370. The van der Waals surface area contributed by atoms with Gasteiger partial charge in [-0.25, -0.2) is 9.18 Å². The van der Waals surface area contributed by atoms with Crippen LogP contribution >= 0.6 is 25.1 Å². The number of ether oxygens (including phenoxy) is 1. The van der Waals surface area contributed by atoms with Crippen molar-refractivity contribution in [2.75, 3.05) is 60.9 Å². The molecule has 0 saturated carbocycles. The smallest absolute Gasteiger partial charge is 0.414 e. The van der Waals surface area contributed by atoms with Crippen LogP contribution in [0.25, 0.3) is 10.9 Å². The number of fused-ring (bicyclic) bond motifs is 1. The largest absolute Gasteiger partial charge is 0.442 e. The normalized spacial score (nSPS) is 16.9. The van der Waals surface area contributed by atoms with E-state index in [2.05, 4.69) is 15.6 Å². The molecule has 1 atom stereocenters. The molecule has 2 aromatic carbocycles. The summed E-state index contributed by atoms with van der Waals surface area (Å²) < 4.78 is 20.4. The van der Waals surface area contributed by atoms with Gasteiger partial charge >= 0.3 is 6.09 Å². The van der Waals surface area contributed by atoms with Crippen molar-refractivity contribution in [2.24, 2.45) is 0 Å². The van der Waals surface area contributed by atoms with Crippen LogP contribution < -0.4 is 20.4 Å². The van der Waals surface area contributed by atoms with Crippen molar-refractivity contribution < 1.29 is 23.5 Å². The fourth-order valence-electron chi connectivity index (χ4n) is 4.77. The zero-order valence-electron chi connectivity index (χ0n) is 21.8. The topological polar surface area (TPSA) is 107 Å². The molecule has 2 aliphatic rings. The van der Waals surface area contributed by atoms with Crippen molar-refractivity contribution in [3.05, 3.63) is 59.5 Å². The standard InChI is InChI=1S/C27H28ClFN6O4.H2S/c1-17(36)31-14-20-16-35(27(38)39-20)19-3-5-25(22(29)13-19)33-8-10-34(11-9-33)26(37)15-32-23-6-7-30-24-12-18(28)2-4-21(23)24;/h2-7,12-13,20H,8-11,14-16H2,1H3,(H,30,32)(H,31,36);1H2/t20-;/m0./s1. The molecule has 2 aliphatic heterocycles. The summed E-state index contributed by atoms with van der Waals surface area (Å²) in [7, 11) is 0. The van der Waals surface area contributed by atoms with E-state index in [9.17, 15) is 14.4 Å². The Morgan fingerprint density at radius 2 is 1.90 bits per heavy atom. The fraction of sp³-hybridized carbons (Fsp3) is 0.333. The number of nitrogens with one attached hydrogen (secondary N) is 2. The van der Waals surface area contributed by atoms with E-state index in [0.29, 0.717) is 42.6 Å². The van der Waals surface area contributed by atoms with E-state index in [4.69, 9.17) is 16.3 Å². The van der Waals surface area contributed by atoms with Gasteiger partial charge in [0.1, 0.15) is 11.9 Å². The molecule has 0 aliphatic carbocycles. The van der Waals surface area contributed by atoms with Crippen molar-refractivity contribution in [1.29, 1.82) is 0 Å². The number of rotatable bonds is 7. The van der Waals surface area contributed by atoms with Crippen LogP contribution in [0.15, 0.2) is 48.7 Å². The van der Waals surface area contributed by atoms with Crippen LogP contribution in [0.4, 0.5) is 26.2 Å². The maximum Gasteiger partial charge on any atom is 0.414 e. The molecule has 13 heteroatoms. The van der Waals surface area contributed by atoms with Gasteiger partial charge in [0.2, 0.25) is 11.8 Å². The van der Waals surface area contributed by atoms with E-state index in [0.717, 1.165) is 16.6 Å². The molecule has 0 bridgehead atoms. The molecule has 212 valence electrons. The van der Waals surface area contributed by atoms with Crippen LogP contribution in [-0.4, -0.2) is 79.7 Å². The summed E-state index contributed by atoms with van der Waals surface area (Å²) in [6.45, 7) is 3.79. The third-order valence-electron chi connectivity index (χ3n) is 6.80. The Morgan fingerprint density at radius 1 is 1.12 bits per heavy atom. The number of anilines is 3. The summed E-state index contributed by atoms with van der Waals surface area (Å²) in [5.74, 6) is -0.728. The van der Waals surface area contributed by atoms with Gasteiger partial charge in [0.25, 0.3) is 0 Å². The first-order valence-corrected chi connectivity index (χ1v) is 13.0. The summed E-state index contributed by atoms with van der Waals surface area (Å²) >= 11 is 6.05. The summed E-state index contributed by atoms with van der Waals surface area (Å²) in [5.41, 5.74) is 2.34. The Hall–Kier alpha value is -3.77. The predicted octanol–water partition coefficient (Wildman–Crippen LogP) is 3.36. The van der Waals surface area contributed by atoms with Crippen molar-refractivity contribution in [2.45, 2.75) is 13.0 Å². The van der Waals surface area contributed by atoms with Crippen molar-refractivity contribution in [1.82, 2.24) is 15.2 Å². The average molecular weight is 589 g/mol. The van der Waals surface area contributed by atoms with Crippen LogP contribution in [0.5, 0.6) is 0 Å². The van der Waals surface area contributed by atoms with Gasteiger partial charge in [0, 0.05) is 55.4 Å². The Bertz CT molecular complexity index is 1420. The third kappa shape index (κ3) is 6.50. The molecule has 0 unspecified atom stereocenters. The Morgan fingerprint density at radius 3 is 2.62 bits per heavy atom. The second-order valence-corrected chi connectivity index (χ2v) is 9.87. The number of halogens is 2. The number of hydrogen-bond acceptors (Lipinski definition) is 7. The zero-order chi connectivity index (χ0) is 27.5. The van der Waals surface area contributed by atoms with Crippen molar-refractivity contribution >= 4 is 71.0 Å². The van der Waals surface area contributed by atoms with Gasteiger partial charge in [-0.2, -0.15) is 13.5 Å². The minimum Gasteiger partial charge on any atom is -0.442 e. The molecule has 2 fully saturated rings. The number of cyclic esters (lactones) is 1. The number of hydrogen-bond donors (Lipinski definition) is 2. The summed E-state index contributed by atoms with van der Waals surface area (Å²) in [5, 5.41) is 7.29. The summed E-state index contributed by atoms with van der Waals surface area (Å²) in [6, 6.07) is 11.9. The lowest BCUT2D eigenvalue weighted by Gasteiger charge is -2.36. The Kier molecular flexibility index (Phi) is 9.21. The monoisotopic (exact) mass is 588 g/mol. The lowest BCUT2D eigenvalue weighted by Crippen LogP contribution is -2.50. The molecule has 0 spiro atoms. The van der Waals surface area contributed by atoms with Gasteiger partial charge in [0.15, 0.2) is 0 Å². The maximum atomic E-state index is 15.1. The van der Waals surface area contributed by atoms with Crippen LogP contribution in [0, 0.1) is 5.82 Å². The van der Waals surface area contributed by atoms with E-state index in [-0.39, 0.29) is 44.9 Å². The van der Waals surface area contributed by atoms with Gasteiger partial charge in [-0.1, -0.05) is 11.6 Å². The maximum absolute atomic E-state index is 15.1. The van der Waals surface area contributed by atoms with E-state index >= 15 is 4.39 Å². The van der Waals surface area contributed by atoms with E-state index in [1.54, 1.807) is 35.4 Å². The first-order valence-electron chi connectivity index (χ1n) is 12.6. The fourth-order valence-corrected chi connectivity index (χ4v) is 4.94. The Labute approximate surface area is 242 Å². The molecule has 0 radical (unpaired) electrons. The average Bonchev–Trinajstić information content (AvgIpc) is 3.30. The molecule has 40 heavy (non-hydrogen) atoms. The predicted molar refractivity (Wildman–Crippen MR) is 157 cm³/mol. The molecule has 3 amide bonds. The van der Waals surface area contributed by atoms with Crippen LogP contribution in [0.3, 0.4) is 0 Å². The number of piperazine rings is 1. The number of carbonyl (C=O) groups excluding carboxylic acids is 3. The van der Waals surface area contributed by atoms with E-state index < -0.39 is 18.0 Å². The summed E-state index contributed by atoms with van der Waals surface area (Å²) in [4.78, 5) is 45.6. The highest BCUT2D eigenvalue weighted by molar-refractivity contribution is 7.59. The number of benzene rings is 2. The molecule has 3 heterocycles. The van der Waals surface area contributed by atoms with Crippen LogP contribution in [0.2, 0.25) is 5.02 Å². The minimum atomic E-state index is -0.582. The number of nitrogens with zero attached hydrogens (tertiary/aromatic N) is 4. The quantitative estimate of drug-likeness (QED) is 0.436. The van der Waals surface area contributed by atoms with Gasteiger partial charge in [-0.3, -0.25) is 19.5 Å². The zero-order valence-corrected chi connectivity index (χ0v) is 23.6. The summed E-state index contributed by atoms with van der Waals surface area (Å²) in [6.07, 6.45) is 0.586. The highest BCUT2D eigenvalue weighted by Gasteiger charge is 2.33. The first kappa shape index (κ1) is 29.2. The number of amides is 3.